The van der Waals surface area contributed by atoms with Gasteiger partial charge in [0.25, 0.3) is 11.8 Å². The highest BCUT2D eigenvalue weighted by molar-refractivity contribution is 7.20. The van der Waals surface area contributed by atoms with Gasteiger partial charge >= 0.3 is 6.09 Å². The smallest absolute Gasteiger partial charge is 0.436 e. The first kappa shape index (κ1) is 22.7. The van der Waals surface area contributed by atoms with Crippen molar-refractivity contribution in [3.8, 4) is 0 Å². The van der Waals surface area contributed by atoms with Crippen molar-refractivity contribution < 1.29 is 19.1 Å². The summed E-state index contributed by atoms with van der Waals surface area (Å²) >= 11 is 2.41. The van der Waals surface area contributed by atoms with Gasteiger partial charge in [-0.25, -0.2) is 4.79 Å². The van der Waals surface area contributed by atoms with Crippen LogP contribution in [0.3, 0.4) is 0 Å². The molecule has 0 radical (unpaired) electrons. The number of hydrogen-bond donors (Lipinski definition) is 2. The van der Waals surface area contributed by atoms with Gasteiger partial charge in [0.2, 0.25) is 0 Å². The van der Waals surface area contributed by atoms with E-state index in [2.05, 4.69) is 15.7 Å². The van der Waals surface area contributed by atoms with E-state index in [4.69, 9.17) is 4.74 Å². The minimum atomic E-state index is -0.677. The van der Waals surface area contributed by atoms with Crippen LogP contribution in [0.15, 0.2) is 53.9 Å². The largest absolute Gasteiger partial charge is 0.448 e. The molecule has 0 saturated carbocycles. The summed E-state index contributed by atoms with van der Waals surface area (Å²) in [5.74, 6) is -0.410. The topological polar surface area (TPSA) is 102 Å². The molecule has 0 saturated heterocycles. The van der Waals surface area contributed by atoms with E-state index in [0.29, 0.717) is 20.0 Å². The predicted octanol–water partition coefficient (Wildman–Crippen LogP) is 5.30. The molecule has 0 unspecified atom stereocenters. The lowest BCUT2D eigenvalue weighted by atomic mass is 10.0. The first-order valence-corrected chi connectivity index (χ1v) is 12.1. The van der Waals surface area contributed by atoms with Gasteiger partial charge in [0.1, 0.15) is 4.83 Å². The summed E-state index contributed by atoms with van der Waals surface area (Å²) in [6, 6.07) is 14.7. The Hall–Kier alpha value is -3.50. The summed E-state index contributed by atoms with van der Waals surface area (Å²) in [6.45, 7) is 3.87. The number of carbonyl (C=O) groups excluding carboxylic acids is 3. The SMILES string of the molecule is CCOC(=O)n1nc(NC(=O)c2cccs2)c2cc(C(=O)N[C@H](CC)c3ccccc3)sc21. The zero-order valence-electron chi connectivity index (χ0n) is 18.0. The summed E-state index contributed by atoms with van der Waals surface area (Å²) in [6.07, 6.45) is 0.0444. The van der Waals surface area contributed by atoms with Crippen molar-refractivity contribution in [1.29, 1.82) is 0 Å². The molecule has 4 rings (SSSR count). The van der Waals surface area contributed by atoms with Gasteiger partial charge in [-0.3, -0.25) is 9.59 Å². The van der Waals surface area contributed by atoms with E-state index in [1.807, 2.05) is 37.3 Å². The Morgan fingerprint density at radius 1 is 1.06 bits per heavy atom. The minimum Gasteiger partial charge on any atom is -0.448 e. The number of fused-ring (bicyclic) bond motifs is 1. The average Bonchev–Trinajstić information content (AvgIpc) is 3.56. The van der Waals surface area contributed by atoms with Crippen LogP contribution in [0.4, 0.5) is 10.6 Å². The predicted molar refractivity (Wildman–Crippen MR) is 129 cm³/mol. The van der Waals surface area contributed by atoms with Gasteiger partial charge in [-0.2, -0.15) is 4.68 Å². The van der Waals surface area contributed by atoms with Crippen LogP contribution in [-0.2, 0) is 4.74 Å². The molecule has 170 valence electrons. The maximum Gasteiger partial charge on any atom is 0.436 e. The monoisotopic (exact) mass is 482 g/mol. The Morgan fingerprint density at radius 3 is 2.52 bits per heavy atom. The van der Waals surface area contributed by atoms with E-state index < -0.39 is 6.09 Å². The molecule has 0 aliphatic carbocycles. The van der Waals surface area contributed by atoms with Gasteiger partial charge in [-0.15, -0.1) is 27.8 Å². The van der Waals surface area contributed by atoms with E-state index in [0.717, 1.165) is 28.0 Å². The summed E-state index contributed by atoms with van der Waals surface area (Å²) in [5, 5.41) is 12.3. The molecule has 1 atom stereocenters. The number of amides is 2. The number of anilines is 1. The fourth-order valence-corrected chi connectivity index (χ4v) is 4.96. The number of rotatable bonds is 7. The summed E-state index contributed by atoms with van der Waals surface area (Å²) < 4.78 is 6.18. The molecule has 0 fully saturated rings. The molecule has 4 aromatic rings. The van der Waals surface area contributed by atoms with Crippen molar-refractivity contribution in [3.63, 3.8) is 0 Å². The second-order valence-electron chi connectivity index (χ2n) is 7.07. The van der Waals surface area contributed by atoms with Crippen LogP contribution in [0.5, 0.6) is 0 Å². The van der Waals surface area contributed by atoms with E-state index in [-0.39, 0.29) is 30.3 Å². The van der Waals surface area contributed by atoms with Crippen LogP contribution in [0.2, 0.25) is 0 Å². The Bertz CT molecular complexity index is 1280. The van der Waals surface area contributed by atoms with Crippen molar-refractivity contribution in [2.24, 2.45) is 0 Å². The van der Waals surface area contributed by atoms with Crippen molar-refractivity contribution in [3.05, 3.63) is 69.2 Å². The standard InChI is InChI=1S/C23H22N4O4S2/c1-3-16(14-9-6-5-7-10-14)24-21(29)18-13-15-19(25-20(28)17-11-8-12-32-17)26-27(22(15)33-18)23(30)31-4-2/h5-13,16H,3-4H2,1-2H3,(H,24,29)(H,25,26,28)/t16-/m1/s1. The molecule has 0 bridgehead atoms. The van der Waals surface area contributed by atoms with Gasteiger partial charge in [-0.05, 0) is 36.4 Å². The number of benzene rings is 1. The maximum absolute atomic E-state index is 13.0. The summed E-state index contributed by atoms with van der Waals surface area (Å²) in [7, 11) is 0. The Labute approximate surface area is 198 Å². The molecular weight excluding hydrogens is 460 g/mol. The second-order valence-corrected chi connectivity index (χ2v) is 9.04. The van der Waals surface area contributed by atoms with Crippen LogP contribution in [0, 0.1) is 0 Å². The fourth-order valence-electron chi connectivity index (χ4n) is 3.33. The minimum absolute atomic E-state index is 0.150. The lowest BCUT2D eigenvalue weighted by Crippen LogP contribution is -2.27. The number of thiophene rings is 2. The molecule has 1 aromatic carbocycles. The second kappa shape index (κ2) is 9.97. The molecule has 8 nitrogen and oxygen atoms in total. The normalized spacial score (nSPS) is 11.8. The summed E-state index contributed by atoms with van der Waals surface area (Å²) in [4.78, 5) is 39.4. The molecule has 0 aliphatic heterocycles. The Kier molecular flexibility index (Phi) is 6.85. The lowest BCUT2D eigenvalue weighted by Gasteiger charge is -2.16. The van der Waals surface area contributed by atoms with Crippen molar-refractivity contribution >= 4 is 56.6 Å². The molecule has 2 amide bonds. The summed E-state index contributed by atoms with van der Waals surface area (Å²) in [5.41, 5.74) is 1.01. The molecule has 0 spiro atoms. The number of hydrogen-bond acceptors (Lipinski definition) is 7. The highest BCUT2D eigenvalue weighted by Gasteiger charge is 2.24. The number of aromatic nitrogens is 2. The molecule has 3 aromatic heterocycles. The molecular formula is C23H22N4O4S2. The van der Waals surface area contributed by atoms with E-state index in [1.54, 1.807) is 30.5 Å². The quantitative estimate of drug-likeness (QED) is 0.372. The zero-order chi connectivity index (χ0) is 23.4. The van der Waals surface area contributed by atoms with Crippen LogP contribution in [0.25, 0.3) is 10.2 Å². The molecule has 10 heteroatoms. The van der Waals surface area contributed by atoms with E-state index >= 15 is 0 Å². The van der Waals surface area contributed by atoms with E-state index in [1.165, 1.54) is 11.3 Å². The molecule has 3 heterocycles. The number of nitrogens with one attached hydrogen (secondary N) is 2. The van der Waals surface area contributed by atoms with Crippen LogP contribution in [0.1, 0.15) is 51.2 Å². The van der Waals surface area contributed by atoms with Gasteiger partial charge < -0.3 is 15.4 Å². The van der Waals surface area contributed by atoms with E-state index in [9.17, 15) is 14.4 Å². The number of nitrogens with zero attached hydrogens (tertiary/aromatic N) is 2. The first-order valence-electron chi connectivity index (χ1n) is 10.4. The number of carbonyl (C=O) groups is 3. The third-order valence-corrected chi connectivity index (χ3v) is 6.89. The Balaban J connectivity index is 1.66. The van der Waals surface area contributed by atoms with Crippen molar-refractivity contribution in [1.82, 2.24) is 15.1 Å². The van der Waals surface area contributed by atoms with Crippen molar-refractivity contribution in [2.75, 3.05) is 11.9 Å². The highest BCUT2D eigenvalue weighted by atomic mass is 32.1. The van der Waals surface area contributed by atoms with Crippen LogP contribution in [-0.4, -0.2) is 34.3 Å². The number of ether oxygens (including phenoxy) is 1. The molecule has 2 N–H and O–H groups in total. The third-order valence-electron chi connectivity index (χ3n) is 4.92. The third kappa shape index (κ3) is 4.81. The van der Waals surface area contributed by atoms with Crippen molar-refractivity contribution in [2.45, 2.75) is 26.3 Å². The lowest BCUT2D eigenvalue weighted by molar-refractivity contribution is 0.0939. The van der Waals surface area contributed by atoms with Gasteiger partial charge in [0.05, 0.1) is 27.8 Å². The zero-order valence-corrected chi connectivity index (χ0v) is 19.7. The molecule has 0 aliphatic rings. The fraction of sp³-hybridized carbons (Fsp3) is 0.217. The van der Waals surface area contributed by atoms with Gasteiger partial charge in [0, 0.05) is 0 Å². The van der Waals surface area contributed by atoms with Crippen LogP contribution >= 0.6 is 22.7 Å². The van der Waals surface area contributed by atoms with Gasteiger partial charge in [-0.1, -0.05) is 43.3 Å². The molecule has 33 heavy (non-hydrogen) atoms. The Morgan fingerprint density at radius 2 is 1.85 bits per heavy atom. The first-order chi connectivity index (χ1) is 16.0. The van der Waals surface area contributed by atoms with Gasteiger partial charge in [0.15, 0.2) is 5.82 Å². The van der Waals surface area contributed by atoms with Crippen LogP contribution < -0.4 is 10.6 Å². The average molecular weight is 483 g/mol. The maximum atomic E-state index is 13.0. The highest BCUT2D eigenvalue weighted by Crippen LogP contribution is 2.32.